The molecular weight excluding hydrogens is 204 g/mol. The molecule has 1 aromatic carbocycles. The van der Waals surface area contributed by atoms with Crippen LogP contribution in [0.3, 0.4) is 0 Å². The van der Waals surface area contributed by atoms with Crippen molar-refractivity contribution in [2.45, 2.75) is 65.7 Å². The average Bonchev–Trinajstić information content (AvgIpc) is 2.30. The Labute approximate surface area is 107 Å². The highest BCUT2D eigenvalue weighted by atomic mass is 14.2. The number of unbranched alkanes of at least 4 members (excludes halogenated alkanes) is 2. The van der Waals surface area contributed by atoms with E-state index in [1.807, 2.05) is 0 Å². The third kappa shape index (κ3) is 6.51. The van der Waals surface area contributed by atoms with Gasteiger partial charge in [0, 0.05) is 0 Å². The second kappa shape index (κ2) is 7.53. The zero-order chi connectivity index (χ0) is 12.6. The second-order valence-corrected chi connectivity index (χ2v) is 5.96. The molecule has 0 radical (unpaired) electrons. The van der Waals surface area contributed by atoms with Gasteiger partial charge in [0.1, 0.15) is 0 Å². The van der Waals surface area contributed by atoms with E-state index in [9.17, 15) is 0 Å². The normalized spacial score (nSPS) is 11.7. The van der Waals surface area contributed by atoms with Gasteiger partial charge in [-0.1, -0.05) is 70.4 Å². The summed E-state index contributed by atoms with van der Waals surface area (Å²) >= 11 is 0. The molecule has 1 aromatic rings. The summed E-state index contributed by atoms with van der Waals surface area (Å²) in [5.41, 5.74) is 2.01. The van der Waals surface area contributed by atoms with Crippen LogP contribution in [0.25, 0.3) is 0 Å². The highest BCUT2D eigenvalue weighted by Gasteiger charge is 2.16. The first-order chi connectivity index (χ1) is 8.14. The van der Waals surface area contributed by atoms with Crippen molar-refractivity contribution >= 4 is 0 Å². The van der Waals surface area contributed by atoms with Crippen LogP contribution in [0.5, 0.6) is 0 Å². The predicted octanol–water partition coefficient (Wildman–Crippen LogP) is 5.62. The number of rotatable bonds is 8. The van der Waals surface area contributed by atoms with Crippen LogP contribution in [-0.4, -0.2) is 0 Å². The third-order valence-corrected chi connectivity index (χ3v) is 3.62. The van der Waals surface area contributed by atoms with Gasteiger partial charge in [0.25, 0.3) is 0 Å². The molecule has 0 unspecified atom stereocenters. The number of aryl methyl sites for hydroxylation is 1. The fraction of sp³-hybridized carbons (Fsp3) is 0.647. The molecule has 0 saturated carbocycles. The van der Waals surface area contributed by atoms with E-state index in [1.54, 1.807) is 0 Å². The highest BCUT2D eigenvalue weighted by Crippen LogP contribution is 2.29. The van der Waals surface area contributed by atoms with Crippen molar-refractivity contribution in [1.82, 2.24) is 0 Å². The summed E-state index contributed by atoms with van der Waals surface area (Å²) in [6.07, 6.45) is 9.42. The first-order valence-corrected chi connectivity index (χ1v) is 7.18. The Morgan fingerprint density at radius 1 is 0.882 bits per heavy atom. The summed E-state index contributed by atoms with van der Waals surface area (Å²) in [5, 5.41) is 0. The molecule has 96 valence electrons. The van der Waals surface area contributed by atoms with Crippen molar-refractivity contribution in [3.05, 3.63) is 35.9 Å². The van der Waals surface area contributed by atoms with Crippen molar-refractivity contribution in [2.24, 2.45) is 5.41 Å². The number of hydrogen-bond acceptors (Lipinski definition) is 0. The molecule has 0 atom stereocenters. The molecule has 0 heterocycles. The minimum absolute atomic E-state index is 0.532. The lowest BCUT2D eigenvalue weighted by Crippen LogP contribution is -2.11. The lowest BCUT2D eigenvalue weighted by atomic mass is 9.82. The maximum atomic E-state index is 2.42. The van der Waals surface area contributed by atoms with Crippen molar-refractivity contribution in [3.8, 4) is 0 Å². The topological polar surface area (TPSA) is 0 Å². The maximum absolute atomic E-state index is 2.42. The summed E-state index contributed by atoms with van der Waals surface area (Å²) in [4.78, 5) is 0. The van der Waals surface area contributed by atoms with Crippen LogP contribution in [0.2, 0.25) is 0 Å². The Hall–Kier alpha value is -0.780. The molecule has 0 N–H and O–H groups in total. The van der Waals surface area contributed by atoms with Crippen LogP contribution >= 0.6 is 0 Å². The molecule has 0 bridgehead atoms. The first-order valence-electron chi connectivity index (χ1n) is 7.18. The molecule has 1 rings (SSSR count). The average molecular weight is 232 g/mol. The second-order valence-electron chi connectivity index (χ2n) is 5.96. The fourth-order valence-electron chi connectivity index (χ4n) is 2.39. The Morgan fingerprint density at radius 3 is 2.18 bits per heavy atom. The van der Waals surface area contributed by atoms with Gasteiger partial charge in [-0.2, -0.15) is 0 Å². The Balaban J connectivity index is 2.20. The molecule has 0 aliphatic heterocycles. The van der Waals surface area contributed by atoms with Crippen molar-refractivity contribution < 1.29 is 0 Å². The zero-order valence-electron chi connectivity index (χ0n) is 11.8. The molecule has 0 nitrogen and oxygen atoms in total. The third-order valence-electron chi connectivity index (χ3n) is 3.62. The van der Waals surface area contributed by atoms with Gasteiger partial charge in [0.05, 0.1) is 0 Å². The van der Waals surface area contributed by atoms with Gasteiger partial charge in [-0.25, -0.2) is 0 Å². The van der Waals surface area contributed by atoms with Gasteiger partial charge < -0.3 is 0 Å². The minimum Gasteiger partial charge on any atom is -0.0654 e. The molecular formula is C17H28. The SMILES string of the molecule is CCCCCC(C)(C)CCCc1ccccc1. The van der Waals surface area contributed by atoms with Gasteiger partial charge in [-0.05, 0) is 36.7 Å². The largest absolute Gasteiger partial charge is 0.0654 e. The van der Waals surface area contributed by atoms with Gasteiger partial charge in [0.15, 0.2) is 0 Å². The molecule has 0 aromatic heterocycles. The molecule has 0 amide bonds. The van der Waals surface area contributed by atoms with Crippen molar-refractivity contribution in [3.63, 3.8) is 0 Å². The van der Waals surface area contributed by atoms with E-state index in [2.05, 4.69) is 51.1 Å². The lowest BCUT2D eigenvalue weighted by molar-refractivity contribution is 0.288. The first kappa shape index (κ1) is 14.3. The summed E-state index contributed by atoms with van der Waals surface area (Å²) in [7, 11) is 0. The van der Waals surface area contributed by atoms with Gasteiger partial charge in [-0.15, -0.1) is 0 Å². The maximum Gasteiger partial charge on any atom is -0.0279 e. The predicted molar refractivity (Wildman–Crippen MR) is 77.3 cm³/mol. The minimum atomic E-state index is 0.532. The zero-order valence-corrected chi connectivity index (χ0v) is 11.8. The van der Waals surface area contributed by atoms with Crippen LogP contribution < -0.4 is 0 Å². The summed E-state index contributed by atoms with van der Waals surface area (Å²) in [6.45, 7) is 7.13. The number of hydrogen-bond donors (Lipinski definition) is 0. The summed E-state index contributed by atoms with van der Waals surface area (Å²) in [6, 6.07) is 10.9. The van der Waals surface area contributed by atoms with Crippen molar-refractivity contribution in [2.75, 3.05) is 0 Å². The van der Waals surface area contributed by atoms with Crippen LogP contribution in [-0.2, 0) is 6.42 Å². The van der Waals surface area contributed by atoms with E-state index in [0.29, 0.717) is 5.41 Å². The molecule has 17 heavy (non-hydrogen) atoms. The summed E-state index contributed by atoms with van der Waals surface area (Å²) < 4.78 is 0. The Bertz CT molecular complexity index is 284. The van der Waals surface area contributed by atoms with Gasteiger partial charge >= 0.3 is 0 Å². The molecule has 0 heteroatoms. The fourth-order valence-corrected chi connectivity index (χ4v) is 2.39. The van der Waals surface area contributed by atoms with Crippen LogP contribution in [0.15, 0.2) is 30.3 Å². The van der Waals surface area contributed by atoms with Crippen LogP contribution in [0.1, 0.15) is 64.9 Å². The highest BCUT2D eigenvalue weighted by molar-refractivity contribution is 5.14. The number of benzene rings is 1. The molecule has 0 spiro atoms. The molecule has 0 fully saturated rings. The van der Waals surface area contributed by atoms with E-state index in [1.165, 1.54) is 50.5 Å². The van der Waals surface area contributed by atoms with Gasteiger partial charge in [0.2, 0.25) is 0 Å². The van der Waals surface area contributed by atoms with Crippen LogP contribution in [0.4, 0.5) is 0 Å². The van der Waals surface area contributed by atoms with E-state index in [-0.39, 0.29) is 0 Å². The molecule has 0 aliphatic rings. The van der Waals surface area contributed by atoms with E-state index in [4.69, 9.17) is 0 Å². The monoisotopic (exact) mass is 232 g/mol. The van der Waals surface area contributed by atoms with E-state index >= 15 is 0 Å². The van der Waals surface area contributed by atoms with Crippen LogP contribution in [0, 0.1) is 5.41 Å². The quantitative estimate of drug-likeness (QED) is 0.511. The smallest absolute Gasteiger partial charge is 0.0279 e. The Morgan fingerprint density at radius 2 is 1.53 bits per heavy atom. The Kier molecular flexibility index (Phi) is 6.32. The van der Waals surface area contributed by atoms with E-state index < -0.39 is 0 Å². The lowest BCUT2D eigenvalue weighted by Gasteiger charge is -2.24. The molecule has 0 saturated heterocycles. The van der Waals surface area contributed by atoms with Crippen molar-refractivity contribution in [1.29, 1.82) is 0 Å². The standard InChI is InChI=1S/C17H28/c1-4-5-9-14-17(2,3)15-10-13-16-11-7-6-8-12-16/h6-8,11-12H,4-5,9-10,13-15H2,1-3H3. The van der Waals surface area contributed by atoms with E-state index in [0.717, 1.165) is 0 Å². The van der Waals surface area contributed by atoms with Gasteiger partial charge in [-0.3, -0.25) is 0 Å². The summed E-state index contributed by atoms with van der Waals surface area (Å²) in [5.74, 6) is 0. The molecule has 0 aliphatic carbocycles.